The zero-order valence-electron chi connectivity index (χ0n) is 13.9. The molecular weight excluding hydrogens is 324 g/mol. The van der Waals surface area contributed by atoms with Crippen LogP contribution in [0.4, 0.5) is 11.4 Å². The van der Waals surface area contributed by atoms with Gasteiger partial charge in [0.1, 0.15) is 6.54 Å². The first-order valence-electron chi connectivity index (χ1n) is 8.06. The third kappa shape index (κ3) is 4.16. The van der Waals surface area contributed by atoms with E-state index >= 15 is 0 Å². The highest BCUT2D eigenvalue weighted by Crippen LogP contribution is 2.23. The van der Waals surface area contributed by atoms with Crippen LogP contribution in [0.2, 0.25) is 0 Å². The number of nitrogens with one attached hydrogen (secondary N) is 2. The number of carbonyl (C=O) groups is 1. The van der Waals surface area contributed by atoms with Crippen LogP contribution in [0.25, 0.3) is 0 Å². The number of aromatic nitrogens is 2. The van der Waals surface area contributed by atoms with Crippen LogP contribution in [0.5, 0.6) is 0 Å². The number of aryl methyl sites for hydroxylation is 1. The van der Waals surface area contributed by atoms with E-state index in [4.69, 9.17) is 4.74 Å². The molecule has 0 aliphatic carbocycles. The summed E-state index contributed by atoms with van der Waals surface area (Å²) in [5, 5.41) is 2.80. The Kier molecular flexibility index (Phi) is 4.99. The lowest BCUT2D eigenvalue weighted by Gasteiger charge is -2.29. The largest absolute Gasteiger partial charge is 0.378 e. The molecule has 0 bridgehead atoms. The fraction of sp³-hybridized carbons (Fsp3) is 0.353. The van der Waals surface area contributed by atoms with Gasteiger partial charge in [-0.15, -0.1) is 0 Å². The number of rotatable bonds is 4. The third-order valence-corrected chi connectivity index (χ3v) is 4.07. The normalized spacial score (nSPS) is 14.4. The van der Waals surface area contributed by atoms with Crippen LogP contribution in [0, 0.1) is 6.92 Å². The van der Waals surface area contributed by atoms with Crippen molar-refractivity contribution in [2.45, 2.75) is 13.5 Å². The van der Waals surface area contributed by atoms with Crippen molar-refractivity contribution < 1.29 is 9.53 Å². The second-order valence-corrected chi connectivity index (χ2v) is 5.88. The maximum atomic E-state index is 12.2. The Morgan fingerprint density at radius 1 is 1.24 bits per heavy atom. The number of amides is 1. The van der Waals surface area contributed by atoms with E-state index in [0.29, 0.717) is 18.9 Å². The second kappa shape index (κ2) is 7.35. The predicted octanol–water partition coefficient (Wildman–Crippen LogP) is 0.320. The molecule has 1 aliphatic rings. The summed E-state index contributed by atoms with van der Waals surface area (Å²) in [4.78, 5) is 39.2. The van der Waals surface area contributed by atoms with Crippen molar-refractivity contribution in [3.63, 3.8) is 0 Å². The molecule has 1 aromatic heterocycles. The first-order chi connectivity index (χ1) is 12.0. The molecule has 132 valence electrons. The van der Waals surface area contributed by atoms with E-state index in [1.807, 2.05) is 25.1 Å². The number of anilines is 2. The molecule has 25 heavy (non-hydrogen) atoms. The van der Waals surface area contributed by atoms with Gasteiger partial charge in [-0.1, -0.05) is 0 Å². The van der Waals surface area contributed by atoms with Crippen LogP contribution < -0.4 is 21.5 Å². The highest BCUT2D eigenvalue weighted by Gasteiger charge is 2.13. The van der Waals surface area contributed by atoms with Gasteiger partial charge in [-0.2, -0.15) is 0 Å². The zero-order valence-corrected chi connectivity index (χ0v) is 13.9. The molecule has 8 nitrogen and oxygen atoms in total. The number of aromatic amines is 1. The summed E-state index contributed by atoms with van der Waals surface area (Å²) >= 11 is 0. The zero-order chi connectivity index (χ0) is 17.8. The average Bonchev–Trinajstić information content (AvgIpc) is 2.60. The summed E-state index contributed by atoms with van der Waals surface area (Å²) in [6, 6.07) is 7.04. The Labute approximate surface area is 144 Å². The molecule has 2 aromatic rings. The lowest BCUT2D eigenvalue weighted by molar-refractivity contribution is -0.116. The monoisotopic (exact) mass is 344 g/mol. The van der Waals surface area contributed by atoms with Gasteiger partial charge in [0, 0.05) is 36.7 Å². The summed E-state index contributed by atoms with van der Waals surface area (Å²) in [7, 11) is 0. The minimum atomic E-state index is -0.609. The van der Waals surface area contributed by atoms with E-state index in [1.165, 1.54) is 12.3 Å². The number of morpholine rings is 1. The topological polar surface area (TPSA) is 96.4 Å². The third-order valence-electron chi connectivity index (χ3n) is 4.07. The van der Waals surface area contributed by atoms with Crippen molar-refractivity contribution in [3.8, 4) is 0 Å². The number of hydrogen-bond donors (Lipinski definition) is 2. The molecule has 1 aromatic carbocycles. The minimum Gasteiger partial charge on any atom is -0.378 e. The Hall–Kier alpha value is -2.87. The Morgan fingerprint density at radius 3 is 2.68 bits per heavy atom. The maximum Gasteiger partial charge on any atom is 0.328 e. The molecule has 3 rings (SSSR count). The van der Waals surface area contributed by atoms with Crippen molar-refractivity contribution >= 4 is 17.3 Å². The van der Waals surface area contributed by atoms with E-state index in [2.05, 4.69) is 15.2 Å². The predicted molar refractivity (Wildman–Crippen MR) is 94.2 cm³/mol. The molecular formula is C17H20N4O4. The minimum absolute atomic E-state index is 0.166. The average molecular weight is 344 g/mol. The Bertz CT molecular complexity index is 881. The molecule has 0 atom stereocenters. The molecule has 0 unspecified atom stereocenters. The van der Waals surface area contributed by atoms with Crippen molar-refractivity contribution in [1.82, 2.24) is 9.55 Å². The van der Waals surface area contributed by atoms with Crippen molar-refractivity contribution in [2.24, 2.45) is 0 Å². The van der Waals surface area contributed by atoms with Crippen LogP contribution in [0.1, 0.15) is 5.56 Å². The lowest BCUT2D eigenvalue weighted by Crippen LogP contribution is -2.36. The standard InChI is InChI=1S/C17H20N4O4/c1-12-10-13(20-6-8-25-9-7-20)2-3-14(12)18-16(23)11-21-5-4-15(22)19-17(21)24/h2-5,10H,6-9,11H2,1H3,(H,18,23)(H,19,22,24). The van der Waals surface area contributed by atoms with Crippen molar-refractivity contribution in [1.29, 1.82) is 0 Å². The van der Waals surface area contributed by atoms with Gasteiger partial charge in [0.25, 0.3) is 5.56 Å². The summed E-state index contributed by atoms with van der Waals surface area (Å²) < 4.78 is 6.50. The van der Waals surface area contributed by atoms with Gasteiger partial charge in [0.05, 0.1) is 13.2 Å². The van der Waals surface area contributed by atoms with E-state index in [9.17, 15) is 14.4 Å². The number of nitrogens with zero attached hydrogens (tertiary/aromatic N) is 2. The van der Waals surface area contributed by atoms with Crippen LogP contribution in [0.15, 0.2) is 40.1 Å². The summed E-state index contributed by atoms with van der Waals surface area (Å²) in [6.07, 6.45) is 1.30. The van der Waals surface area contributed by atoms with Gasteiger partial charge in [-0.05, 0) is 30.7 Å². The van der Waals surface area contributed by atoms with Gasteiger partial charge in [-0.3, -0.25) is 19.1 Å². The molecule has 0 radical (unpaired) electrons. The fourth-order valence-corrected chi connectivity index (χ4v) is 2.72. The van der Waals surface area contributed by atoms with E-state index in [1.54, 1.807) is 0 Å². The highest BCUT2D eigenvalue weighted by atomic mass is 16.5. The van der Waals surface area contributed by atoms with Crippen LogP contribution in [0.3, 0.4) is 0 Å². The van der Waals surface area contributed by atoms with Gasteiger partial charge in [0.15, 0.2) is 0 Å². The van der Waals surface area contributed by atoms with Gasteiger partial charge < -0.3 is 15.0 Å². The van der Waals surface area contributed by atoms with Crippen LogP contribution in [-0.4, -0.2) is 41.8 Å². The lowest BCUT2D eigenvalue weighted by atomic mass is 10.1. The molecule has 1 amide bonds. The highest BCUT2D eigenvalue weighted by molar-refractivity contribution is 5.91. The molecule has 2 N–H and O–H groups in total. The number of carbonyl (C=O) groups excluding carboxylic acids is 1. The second-order valence-electron chi connectivity index (χ2n) is 5.88. The molecule has 0 spiro atoms. The maximum absolute atomic E-state index is 12.2. The van der Waals surface area contributed by atoms with E-state index in [-0.39, 0.29) is 12.5 Å². The van der Waals surface area contributed by atoms with Crippen molar-refractivity contribution in [3.05, 3.63) is 56.9 Å². The number of H-pyrrole nitrogens is 1. The Morgan fingerprint density at radius 2 is 2.00 bits per heavy atom. The smallest absolute Gasteiger partial charge is 0.328 e. The number of ether oxygens (including phenoxy) is 1. The van der Waals surface area contributed by atoms with E-state index < -0.39 is 11.2 Å². The van der Waals surface area contributed by atoms with Gasteiger partial charge in [-0.25, -0.2) is 4.79 Å². The number of hydrogen-bond acceptors (Lipinski definition) is 5. The van der Waals surface area contributed by atoms with Gasteiger partial charge in [0.2, 0.25) is 5.91 Å². The molecule has 8 heteroatoms. The molecule has 2 heterocycles. The molecule has 1 aliphatic heterocycles. The Balaban J connectivity index is 1.68. The first kappa shape index (κ1) is 17.0. The van der Waals surface area contributed by atoms with Gasteiger partial charge >= 0.3 is 5.69 Å². The fourth-order valence-electron chi connectivity index (χ4n) is 2.72. The number of benzene rings is 1. The van der Waals surface area contributed by atoms with E-state index in [0.717, 1.165) is 28.9 Å². The molecule has 1 fully saturated rings. The van der Waals surface area contributed by atoms with Crippen LogP contribution in [-0.2, 0) is 16.1 Å². The SMILES string of the molecule is Cc1cc(N2CCOCC2)ccc1NC(=O)Cn1ccc(=O)[nH]c1=O. The summed E-state index contributed by atoms with van der Waals surface area (Å²) in [5.41, 5.74) is 1.62. The molecule has 0 saturated carbocycles. The summed E-state index contributed by atoms with van der Waals surface area (Å²) in [5.74, 6) is -0.337. The molecule has 1 saturated heterocycles. The van der Waals surface area contributed by atoms with Crippen LogP contribution >= 0.6 is 0 Å². The first-order valence-corrected chi connectivity index (χ1v) is 8.06. The quantitative estimate of drug-likeness (QED) is 0.833. The van der Waals surface area contributed by atoms with Crippen molar-refractivity contribution in [2.75, 3.05) is 36.5 Å². The summed E-state index contributed by atoms with van der Waals surface area (Å²) in [6.45, 7) is 4.88.